The Morgan fingerprint density at radius 2 is 1.88 bits per heavy atom. The zero-order valence-corrected chi connectivity index (χ0v) is 13.9. The molecular formula is C19H17FN2O3. The number of benzene rings is 2. The van der Waals surface area contributed by atoms with E-state index in [2.05, 4.69) is 11.4 Å². The molecule has 2 aromatic carbocycles. The van der Waals surface area contributed by atoms with Gasteiger partial charge in [0.05, 0.1) is 37.0 Å². The van der Waals surface area contributed by atoms with Crippen molar-refractivity contribution in [3.05, 3.63) is 58.9 Å². The number of nitriles is 1. The quantitative estimate of drug-likeness (QED) is 0.908. The minimum atomic E-state index is -0.684. The van der Waals surface area contributed by atoms with Crippen molar-refractivity contribution >= 4 is 5.91 Å². The SMILES string of the molecule is COc1cc(F)c(C(=O)NC2(c3cccc(C#N)c3)CC2)cc1OC. The minimum absolute atomic E-state index is 0.111. The Bertz CT molecular complexity index is 869. The molecule has 128 valence electrons. The molecule has 1 N–H and O–H groups in total. The second-order valence-corrected chi connectivity index (χ2v) is 5.92. The van der Waals surface area contributed by atoms with Crippen LogP contribution in [0.25, 0.3) is 0 Å². The van der Waals surface area contributed by atoms with E-state index in [1.807, 2.05) is 6.07 Å². The van der Waals surface area contributed by atoms with E-state index in [-0.39, 0.29) is 17.1 Å². The number of hydrogen-bond acceptors (Lipinski definition) is 4. The third-order valence-electron chi connectivity index (χ3n) is 4.36. The van der Waals surface area contributed by atoms with Crippen molar-refractivity contribution in [3.8, 4) is 17.6 Å². The lowest BCUT2D eigenvalue weighted by molar-refractivity contribution is 0.0926. The van der Waals surface area contributed by atoms with Crippen LogP contribution < -0.4 is 14.8 Å². The topological polar surface area (TPSA) is 71.3 Å². The first-order chi connectivity index (χ1) is 12.0. The summed E-state index contributed by atoms with van der Waals surface area (Å²) < 4.78 is 24.4. The fourth-order valence-corrected chi connectivity index (χ4v) is 2.81. The number of amides is 1. The second-order valence-electron chi connectivity index (χ2n) is 5.92. The summed E-state index contributed by atoms with van der Waals surface area (Å²) in [5, 5.41) is 11.9. The van der Waals surface area contributed by atoms with Gasteiger partial charge in [0.15, 0.2) is 11.5 Å². The highest BCUT2D eigenvalue weighted by molar-refractivity contribution is 5.96. The van der Waals surface area contributed by atoms with Gasteiger partial charge in [-0.1, -0.05) is 12.1 Å². The van der Waals surface area contributed by atoms with Crippen molar-refractivity contribution in [1.82, 2.24) is 5.32 Å². The molecule has 0 aliphatic heterocycles. The Morgan fingerprint density at radius 1 is 1.20 bits per heavy atom. The standard InChI is InChI=1S/C19H17FN2O3/c1-24-16-9-14(15(20)10-17(16)25-2)18(23)22-19(6-7-19)13-5-3-4-12(8-13)11-21/h3-5,8-10H,6-7H2,1-2H3,(H,22,23). The summed E-state index contributed by atoms with van der Waals surface area (Å²) in [6, 6.07) is 11.6. The third-order valence-corrected chi connectivity index (χ3v) is 4.36. The molecule has 1 fully saturated rings. The summed E-state index contributed by atoms with van der Waals surface area (Å²) in [5.41, 5.74) is 0.709. The maximum absolute atomic E-state index is 14.3. The second kappa shape index (κ2) is 6.44. The molecule has 0 aromatic heterocycles. The Labute approximate surface area is 145 Å². The van der Waals surface area contributed by atoms with Crippen LogP contribution in [0.5, 0.6) is 11.5 Å². The van der Waals surface area contributed by atoms with Gasteiger partial charge in [0.25, 0.3) is 5.91 Å². The van der Waals surface area contributed by atoms with Gasteiger partial charge < -0.3 is 14.8 Å². The lowest BCUT2D eigenvalue weighted by atomic mass is 10.0. The zero-order valence-electron chi connectivity index (χ0n) is 13.9. The van der Waals surface area contributed by atoms with Crippen LogP contribution in [0, 0.1) is 17.1 Å². The highest BCUT2D eigenvalue weighted by Gasteiger charge is 2.46. The summed E-state index contributed by atoms with van der Waals surface area (Å²) in [6.07, 6.45) is 1.48. The lowest BCUT2D eigenvalue weighted by Gasteiger charge is -2.19. The zero-order chi connectivity index (χ0) is 18.0. The lowest BCUT2D eigenvalue weighted by Crippen LogP contribution is -2.35. The number of carbonyl (C=O) groups excluding carboxylic acids is 1. The van der Waals surface area contributed by atoms with Crippen LogP contribution in [-0.2, 0) is 5.54 Å². The number of ether oxygens (including phenoxy) is 2. The predicted molar refractivity (Wildman–Crippen MR) is 89.0 cm³/mol. The Kier molecular flexibility index (Phi) is 4.32. The van der Waals surface area contributed by atoms with Gasteiger partial charge >= 0.3 is 0 Å². The number of nitrogens with zero attached hydrogens (tertiary/aromatic N) is 1. The van der Waals surface area contributed by atoms with Crippen LogP contribution in [0.4, 0.5) is 4.39 Å². The van der Waals surface area contributed by atoms with Gasteiger partial charge in [0, 0.05) is 6.07 Å². The number of nitrogens with one attached hydrogen (secondary N) is 1. The fraction of sp³-hybridized carbons (Fsp3) is 0.263. The van der Waals surface area contributed by atoms with E-state index in [0.717, 1.165) is 24.5 Å². The van der Waals surface area contributed by atoms with Crippen LogP contribution in [0.1, 0.15) is 34.3 Å². The van der Waals surface area contributed by atoms with E-state index in [1.165, 1.54) is 20.3 Å². The molecule has 1 amide bonds. The van der Waals surface area contributed by atoms with Gasteiger partial charge in [-0.05, 0) is 36.6 Å². The molecule has 0 bridgehead atoms. The molecule has 1 saturated carbocycles. The molecule has 2 aromatic rings. The maximum Gasteiger partial charge on any atom is 0.255 e. The number of methoxy groups -OCH3 is 2. The number of halogens is 1. The molecule has 5 nitrogen and oxygen atoms in total. The van der Waals surface area contributed by atoms with Crippen LogP contribution in [0.3, 0.4) is 0 Å². The first-order valence-corrected chi connectivity index (χ1v) is 7.77. The first kappa shape index (κ1) is 16.8. The van der Waals surface area contributed by atoms with Gasteiger partial charge in [-0.3, -0.25) is 4.79 Å². The van der Waals surface area contributed by atoms with Crippen molar-refractivity contribution in [3.63, 3.8) is 0 Å². The normalized spacial score (nSPS) is 14.3. The van der Waals surface area contributed by atoms with Crippen molar-refractivity contribution < 1.29 is 18.7 Å². The molecule has 0 saturated heterocycles. The minimum Gasteiger partial charge on any atom is -0.493 e. The average molecular weight is 340 g/mol. The van der Waals surface area contributed by atoms with E-state index < -0.39 is 17.3 Å². The molecule has 3 rings (SSSR count). The van der Waals surface area contributed by atoms with E-state index in [1.54, 1.807) is 18.2 Å². The molecule has 1 aliphatic rings. The summed E-state index contributed by atoms with van der Waals surface area (Å²) in [5.74, 6) is -0.708. The molecule has 0 heterocycles. The molecular weight excluding hydrogens is 323 g/mol. The molecule has 25 heavy (non-hydrogen) atoms. The molecule has 0 atom stereocenters. The molecule has 6 heteroatoms. The molecule has 0 radical (unpaired) electrons. The Hall–Kier alpha value is -3.07. The Morgan fingerprint density at radius 3 is 2.48 bits per heavy atom. The molecule has 1 aliphatic carbocycles. The highest BCUT2D eigenvalue weighted by atomic mass is 19.1. The van der Waals surface area contributed by atoms with E-state index >= 15 is 0 Å². The van der Waals surface area contributed by atoms with Crippen LogP contribution >= 0.6 is 0 Å². The van der Waals surface area contributed by atoms with E-state index in [4.69, 9.17) is 14.7 Å². The van der Waals surface area contributed by atoms with E-state index in [9.17, 15) is 9.18 Å². The van der Waals surface area contributed by atoms with Gasteiger partial charge in [0.1, 0.15) is 5.82 Å². The number of hydrogen-bond donors (Lipinski definition) is 1. The predicted octanol–water partition coefficient (Wildman–Crippen LogP) is 3.13. The van der Waals surface area contributed by atoms with Crippen molar-refractivity contribution in [2.24, 2.45) is 0 Å². The average Bonchev–Trinajstić information content (AvgIpc) is 3.42. The van der Waals surface area contributed by atoms with Gasteiger partial charge in [-0.2, -0.15) is 5.26 Å². The van der Waals surface area contributed by atoms with Gasteiger partial charge in [0.2, 0.25) is 0 Å². The van der Waals surface area contributed by atoms with Crippen LogP contribution in [0.2, 0.25) is 0 Å². The molecule has 0 spiro atoms. The summed E-state index contributed by atoms with van der Waals surface area (Å²) in [6.45, 7) is 0. The van der Waals surface area contributed by atoms with Crippen molar-refractivity contribution in [2.45, 2.75) is 18.4 Å². The first-order valence-electron chi connectivity index (χ1n) is 7.77. The highest BCUT2D eigenvalue weighted by Crippen LogP contribution is 2.46. The van der Waals surface area contributed by atoms with Crippen LogP contribution in [0.15, 0.2) is 36.4 Å². The number of rotatable bonds is 5. The maximum atomic E-state index is 14.3. The third kappa shape index (κ3) is 3.13. The van der Waals surface area contributed by atoms with Gasteiger partial charge in [-0.15, -0.1) is 0 Å². The Balaban J connectivity index is 1.88. The largest absolute Gasteiger partial charge is 0.493 e. The smallest absolute Gasteiger partial charge is 0.255 e. The molecule has 0 unspecified atom stereocenters. The van der Waals surface area contributed by atoms with Gasteiger partial charge in [-0.25, -0.2) is 4.39 Å². The summed E-state index contributed by atoms with van der Waals surface area (Å²) in [4.78, 5) is 12.6. The monoisotopic (exact) mass is 340 g/mol. The van der Waals surface area contributed by atoms with E-state index in [0.29, 0.717) is 5.56 Å². The summed E-state index contributed by atoms with van der Waals surface area (Å²) >= 11 is 0. The fourth-order valence-electron chi connectivity index (χ4n) is 2.81. The van der Waals surface area contributed by atoms with Crippen molar-refractivity contribution in [1.29, 1.82) is 5.26 Å². The number of carbonyl (C=O) groups is 1. The van der Waals surface area contributed by atoms with Crippen LogP contribution in [-0.4, -0.2) is 20.1 Å². The van der Waals surface area contributed by atoms with Crippen molar-refractivity contribution in [2.75, 3.05) is 14.2 Å². The summed E-state index contributed by atoms with van der Waals surface area (Å²) in [7, 11) is 2.83.